The second-order valence-corrected chi connectivity index (χ2v) is 10.7. The molecule has 0 aromatic heterocycles. The number of benzene rings is 4. The molecular formula is C36H37N2O6+. The number of amides is 2. The maximum absolute atomic E-state index is 13.1. The van der Waals surface area contributed by atoms with Crippen molar-refractivity contribution in [3.05, 3.63) is 144 Å². The maximum Gasteiger partial charge on any atom is 0.482 e. The third-order valence-corrected chi connectivity index (χ3v) is 7.35. The van der Waals surface area contributed by atoms with Crippen LogP contribution in [-0.2, 0) is 44.7 Å². The van der Waals surface area contributed by atoms with Gasteiger partial charge in [0.15, 0.2) is 0 Å². The molecule has 1 aliphatic rings. The van der Waals surface area contributed by atoms with E-state index < -0.39 is 36.5 Å². The number of rotatable bonds is 12. The number of alkyl carbamates (subject to hydrolysis) is 2. The topological polar surface area (TPSA) is 97.2 Å². The van der Waals surface area contributed by atoms with E-state index in [0.29, 0.717) is 18.8 Å². The highest BCUT2D eigenvalue weighted by Gasteiger charge is 2.52. The molecule has 0 fully saturated rings. The number of esters is 1. The minimum Gasteiger partial charge on any atom is -0.445 e. The van der Waals surface area contributed by atoms with Crippen LogP contribution in [0.15, 0.2) is 121 Å². The van der Waals surface area contributed by atoms with E-state index in [-0.39, 0.29) is 13.2 Å². The predicted molar refractivity (Wildman–Crippen MR) is 167 cm³/mol. The van der Waals surface area contributed by atoms with Gasteiger partial charge in [-0.3, -0.25) is 0 Å². The van der Waals surface area contributed by atoms with Gasteiger partial charge < -0.3 is 29.3 Å². The molecule has 0 bridgehead atoms. The van der Waals surface area contributed by atoms with Crippen LogP contribution >= 0.6 is 0 Å². The Morgan fingerprint density at radius 3 is 1.48 bits per heavy atom. The van der Waals surface area contributed by atoms with Crippen molar-refractivity contribution in [1.29, 1.82) is 0 Å². The SMILES string of the molecule is CC1=[O+][C@H]([C@H](Cc2ccccc2)NC(=O)OCc2ccccc2)[C@@H]([C@H](Cc2ccccc2)NC(=O)OCc2ccccc2)O1. The average molecular weight is 594 g/mol. The van der Waals surface area contributed by atoms with Crippen molar-refractivity contribution in [2.75, 3.05) is 0 Å². The Bertz CT molecular complexity index is 1500. The third kappa shape index (κ3) is 8.94. The molecule has 2 N–H and O–H groups in total. The summed E-state index contributed by atoms with van der Waals surface area (Å²) in [4.78, 5) is 26.2. The number of carbonyl (C=O) groups excluding carboxylic acids is 3. The van der Waals surface area contributed by atoms with Crippen molar-refractivity contribution in [1.82, 2.24) is 10.6 Å². The van der Waals surface area contributed by atoms with Gasteiger partial charge in [0.05, 0.1) is 6.92 Å². The molecule has 0 saturated heterocycles. The number of ether oxygens (including phenoxy) is 3. The van der Waals surface area contributed by atoms with Crippen LogP contribution in [0.4, 0.5) is 9.59 Å². The molecule has 4 aromatic carbocycles. The maximum atomic E-state index is 13.1. The molecular weight excluding hydrogens is 556 g/mol. The fourth-order valence-corrected chi connectivity index (χ4v) is 5.23. The van der Waals surface area contributed by atoms with E-state index in [1.807, 2.05) is 121 Å². The predicted octanol–water partition coefficient (Wildman–Crippen LogP) is 5.91. The first kappa shape index (κ1) is 30.4. The highest BCUT2D eigenvalue weighted by Crippen LogP contribution is 2.23. The largest absolute Gasteiger partial charge is 0.482 e. The van der Waals surface area contributed by atoms with Gasteiger partial charge in [-0.1, -0.05) is 121 Å². The molecule has 1 heterocycles. The van der Waals surface area contributed by atoms with Crippen LogP contribution in [0.25, 0.3) is 0 Å². The molecule has 44 heavy (non-hydrogen) atoms. The van der Waals surface area contributed by atoms with Gasteiger partial charge in [-0.2, -0.15) is 0 Å². The molecule has 8 nitrogen and oxygen atoms in total. The summed E-state index contributed by atoms with van der Waals surface area (Å²) in [6.45, 7) is 1.99. The molecule has 0 unspecified atom stereocenters. The Labute approximate surface area is 257 Å². The van der Waals surface area contributed by atoms with Crippen LogP contribution in [0, 0.1) is 0 Å². The number of cyclic esters (lactones) is 1. The number of carbonyl (C=O) groups is 2. The Balaban J connectivity index is 1.36. The lowest BCUT2D eigenvalue weighted by Gasteiger charge is -2.26. The number of nitrogens with one attached hydrogen (secondary N) is 2. The standard InChI is InChI=1S/C36H36N2O6/c1-26-43-33(31(22-27-14-6-2-7-15-27)37-35(39)41-24-29-18-10-4-11-19-29)34(44-26)32(23-28-16-8-3-9-17-28)38-36(40)42-25-30-20-12-5-13-21-30/h2-21,31-34H,22-25H2,1H3,(H-,37,38,39,40)/p+1/t31-,32-,33+,34+/m0/s1. The van der Waals surface area contributed by atoms with Crippen LogP contribution in [-0.4, -0.2) is 42.4 Å². The lowest BCUT2D eigenvalue weighted by Crippen LogP contribution is -2.56. The van der Waals surface area contributed by atoms with E-state index >= 15 is 0 Å². The van der Waals surface area contributed by atoms with Crippen LogP contribution < -0.4 is 10.6 Å². The fourth-order valence-electron chi connectivity index (χ4n) is 5.23. The first-order chi connectivity index (χ1) is 21.5. The first-order valence-electron chi connectivity index (χ1n) is 14.7. The van der Waals surface area contributed by atoms with E-state index in [0.717, 1.165) is 22.3 Å². The van der Waals surface area contributed by atoms with E-state index in [1.165, 1.54) is 0 Å². The fraction of sp³-hybridized carbons (Fsp3) is 0.250. The summed E-state index contributed by atoms with van der Waals surface area (Å²) in [5.41, 5.74) is 3.77. The summed E-state index contributed by atoms with van der Waals surface area (Å²) in [6, 6.07) is 37.6. The van der Waals surface area contributed by atoms with Crippen molar-refractivity contribution >= 4 is 18.2 Å². The van der Waals surface area contributed by atoms with Crippen LogP contribution in [0.3, 0.4) is 0 Å². The van der Waals surface area contributed by atoms with Crippen molar-refractivity contribution in [2.24, 2.45) is 0 Å². The zero-order valence-corrected chi connectivity index (χ0v) is 24.6. The summed E-state index contributed by atoms with van der Waals surface area (Å²) < 4.78 is 23.6. The van der Waals surface area contributed by atoms with Gasteiger partial charge in [-0.25, -0.2) is 9.59 Å². The Morgan fingerprint density at radius 2 is 1.02 bits per heavy atom. The Morgan fingerprint density at radius 1 is 0.636 bits per heavy atom. The summed E-state index contributed by atoms with van der Waals surface area (Å²) in [7, 11) is 0. The van der Waals surface area contributed by atoms with Gasteiger partial charge in [0.25, 0.3) is 12.2 Å². The van der Waals surface area contributed by atoms with E-state index in [9.17, 15) is 9.59 Å². The molecule has 0 spiro atoms. The summed E-state index contributed by atoms with van der Waals surface area (Å²) in [6.07, 6.45) is -1.51. The third-order valence-electron chi connectivity index (χ3n) is 7.35. The molecule has 2 amide bonds. The van der Waals surface area contributed by atoms with Gasteiger partial charge in [0.1, 0.15) is 25.3 Å². The van der Waals surface area contributed by atoms with E-state index in [1.54, 1.807) is 6.92 Å². The molecule has 5 rings (SSSR count). The molecule has 1 aliphatic heterocycles. The highest BCUT2D eigenvalue weighted by atomic mass is 16.6. The van der Waals surface area contributed by atoms with E-state index in [2.05, 4.69) is 10.6 Å². The van der Waals surface area contributed by atoms with Crippen molar-refractivity contribution < 1.29 is 28.2 Å². The van der Waals surface area contributed by atoms with Crippen molar-refractivity contribution in [3.63, 3.8) is 0 Å². The number of hydrogen-bond acceptors (Lipinski definition) is 5. The van der Waals surface area contributed by atoms with Gasteiger partial charge in [0, 0.05) is 0 Å². The summed E-state index contributed by atoms with van der Waals surface area (Å²) in [5, 5.41) is 6.05. The summed E-state index contributed by atoms with van der Waals surface area (Å²) >= 11 is 0. The van der Waals surface area contributed by atoms with Crippen molar-refractivity contribution in [3.8, 4) is 0 Å². The molecule has 0 radical (unpaired) electrons. The normalized spacial score (nSPS) is 17.0. The zero-order chi connectivity index (χ0) is 30.6. The van der Waals surface area contributed by atoms with Crippen LogP contribution in [0.2, 0.25) is 0 Å². The van der Waals surface area contributed by atoms with Gasteiger partial charge in [-0.15, -0.1) is 0 Å². The Hall–Kier alpha value is -5.11. The minimum atomic E-state index is -0.636. The first-order valence-corrected chi connectivity index (χ1v) is 14.7. The summed E-state index contributed by atoms with van der Waals surface area (Å²) in [5.74, 6) is 0.357. The van der Waals surface area contributed by atoms with Crippen LogP contribution in [0.5, 0.6) is 0 Å². The molecule has 226 valence electrons. The smallest absolute Gasteiger partial charge is 0.445 e. The monoisotopic (exact) mass is 593 g/mol. The van der Waals surface area contributed by atoms with E-state index in [4.69, 9.17) is 18.6 Å². The van der Waals surface area contributed by atoms with Gasteiger partial charge in [0.2, 0.25) is 0 Å². The second-order valence-electron chi connectivity index (χ2n) is 10.7. The molecule has 8 heteroatoms. The van der Waals surface area contributed by atoms with Crippen molar-refractivity contribution in [2.45, 2.75) is 57.3 Å². The highest BCUT2D eigenvalue weighted by molar-refractivity contribution is 5.70. The molecule has 4 atom stereocenters. The minimum absolute atomic E-state index is 0.132. The Kier molecular flexibility index (Phi) is 10.6. The van der Waals surface area contributed by atoms with Crippen LogP contribution in [0.1, 0.15) is 29.2 Å². The lowest BCUT2D eigenvalue weighted by molar-refractivity contribution is -0.501. The number of hydrogen-bond donors (Lipinski definition) is 2. The average Bonchev–Trinajstić information content (AvgIpc) is 3.45. The van der Waals surface area contributed by atoms with Gasteiger partial charge in [-0.05, 0) is 35.1 Å². The zero-order valence-electron chi connectivity index (χ0n) is 24.6. The molecule has 0 saturated carbocycles. The van der Waals surface area contributed by atoms with Gasteiger partial charge >= 0.3 is 18.2 Å². The quantitative estimate of drug-likeness (QED) is 0.121. The molecule has 4 aromatic rings. The lowest BCUT2D eigenvalue weighted by atomic mass is 9.91. The molecule has 0 aliphatic carbocycles. The second kappa shape index (κ2) is 15.4.